The van der Waals surface area contributed by atoms with Gasteiger partial charge < -0.3 is 4.90 Å². The molecule has 0 aliphatic heterocycles. The summed E-state index contributed by atoms with van der Waals surface area (Å²) in [4.78, 5) is 2.44. The molecule has 248 valence electrons. The van der Waals surface area contributed by atoms with Crippen LogP contribution in [0.25, 0.3) is 76.5 Å². The van der Waals surface area contributed by atoms with Gasteiger partial charge >= 0.3 is 0 Å². The summed E-state index contributed by atoms with van der Waals surface area (Å²) in [5, 5.41) is 9.97. The highest BCUT2D eigenvalue weighted by Crippen LogP contribution is 2.44. The molecule has 0 aromatic heterocycles. The van der Waals surface area contributed by atoms with Crippen LogP contribution in [-0.4, -0.2) is 0 Å². The number of benzene rings is 10. The lowest BCUT2D eigenvalue weighted by atomic mass is 9.93. The molecular formula is C52H35N. The molecule has 1 nitrogen and oxygen atoms in total. The zero-order valence-corrected chi connectivity index (χ0v) is 29.2. The molecule has 0 saturated heterocycles. The van der Waals surface area contributed by atoms with E-state index in [1.165, 1.54) is 76.5 Å². The van der Waals surface area contributed by atoms with Crippen molar-refractivity contribution in [1.82, 2.24) is 0 Å². The molecule has 0 atom stereocenters. The van der Waals surface area contributed by atoms with Gasteiger partial charge in [0.25, 0.3) is 0 Å². The van der Waals surface area contributed by atoms with E-state index in [2.05, 4.69) is 217 Å². The summed E-state index contributed by atoms with van der Waals surface area (Å²) in [6.07, 6.45) is 0. The molecule has 0 radical (unpaired) electrons. The smallest absolute Gasteiger partial charge is 0.0540 e. The van der Waals surface area contributed by atoms with Gasteiger partial charge in [0, 0.05) is 16.8 Å². The molecular weight excluding hydrogens is 639 g/mol. The van der Waals surface area contributed by atoms with Crippen molar-refractivity contribution in [3.05, 3.63) is 212 Å². The van der Waals surface area contributed by atoms with E-state index in [4.69, 9.17) is 0 Å². The van der Waals surface area contributed by atoms with E-state index >= 15 is 0 Å². The first-order valence-electron chi connectivity index (χ1n) is 18.3. The maximum atomic E-state index is 2.44. The number of fused-ring (bicyclic) bond motifs is 5. The highest BCUT2D eigenvalue weighted by Gasteiger charge is 2.19. The molecule has 0 bridgehead atoms. The van der Waals surface area contributed by atoms with E-state index in [9.17, 15) is 0 Å². The lowest BCUT2D eigenvalue weighted by Gasteiger charge is -2.28. The largest absolute Gasteiger partial charge is 0.310 e. The quantitative estimate of drug-likeness (QED) is 0.159. The van der Waals surface area contributed by atoms with Crippen LogP contribution in [0.4, 0.5) is 17.1 Å². The van der Waals surface area contributed by atoms with Crippen molar-refractivity contribution >= 4 is 60.2 Å². The van der Waals surface area contributed by atoms with Crippen molar-refractivity contribution in [2.24, 2.45) is 0 Å². The highest BCUT2D eigenvalue weighted by molar-refractivity contribution is 6.14. The number of hydrogen-bond donors (Lipinski definition) is 0. The summed E-state index contributed by atoms with van der Waals surface area (Å²) in [5.41, 5.74) is 10.6. The Morgan fingerprint density at radius 3 is 1.49 bits per heavy atom. The summed E-state index contributed by atoms with van der Waals surface area (Å²) in [6, 6.07) is 77.3. The van der Waals surface area contributed by atoms with Crippen molar-refractivity contribution in [2.45, 2.75) is 0 Å². The fourth-order valence-corrected chi connectivity index (χ4v) is 8.18. The van der Waals surface area contributed by atoms with Crippen LogP contribution in [0.2, 0.25) is 0 Å². The van der Waals surface area contributed by atoms with Crippen LogP contribution >= 0.6 is 0 Å². The van der Waals surface area contributed by atoms with Gasteiger partial charge in [0.1, 0.15) is 0 Å². The number of rotatable bonds is 6. The predicted molar refractivity (Wildman–Crippen MR) is 227 cm³/mol. The molecule has 0 aliphatic carbocycles. The Bertz CT molecular complexity index is 2950. The zero-order chi connectivity index (χ0) is 35.1. The minimum Gasteiger partial charge on any atom is -0.310 e. The van der Waals surface area contributed by atoms with Crippen molar-refractivity contribution in [3.8, 4) is 33.4 Å². The molecule has 0 unspecified atom stereocenters. The number of nitrogens with zero attached hydrogens (tertiary/aromatic N) is 1. The van der Waals surface area contributed by atoms with E-state index in [1.807, 2.05) is 0 Å². The molecule has 0 aliphatic rings. The van der Waals surface area contributed by atoms with Crippen molar-refractivity contribution in [2.75, 3.05) is 4.90 Å². The molecule has 0 N–H and O–H groups in total. The maximum absolute atomic E-state index is 2.44. The lowest BCUT2D eigenvalue weighted by Crippen LogP contribution is -2.11. The molecule has 10 rings (SSSR count). The van der Waals surface area contributed by atoms with Crippen LogP contribution in [0, 0.1) is 0 Å². The minimum atomic E-state index is 1.10. The molecule has 0 saturated carbocycles. The van der Waals surface area contributed by atoms with E-state index in [1.54, 1.807) is 0 Å². The third-order valence-electron chi connectivity index (χ3n) is 10.6. The third kappa shape index (κ3) is 5.42. The summed E-state index contributed by atoms with van der Waals surface area (Å²) in [5.74, 6) is 0. The Balaban J connectivity index is 1.21. The Hall–Kier alpha value is -6.96. The van der Waals surface area contributed by atoms with E-state index in [0.717, 1.165) is 17.1 Å². The van der Waals surface area contributed by atoms with Gasteiger partial charge in [0.05, 0.1) is 5.69 Å². The second kappa shape index (κ2) is 13.0. The minimum absolute atomic E-state index is 1.10. The van der Waals surface area contributed by atoms with Gasteiger partial charge in [-0.2, -0.15) is 0 Å². The zero-order valence-electron chi connectivity index (χ0n) is 29.2. The maximum Gasteiger partial charge on any atom is 0.0540 e. The molecule has 1 heteroatoms. The monoisotopic (exact) mass is 673 g/mol. The Labute approximate surface area is 309 Å². The van der Waals surface area contributed by atoms with E-state index < -0.39 is 0 Å². The fourth-order valence-electron chi connectivity index (χ4n) is 8.18. The van der Waals surface area contributed by atoms with Crippen LogP contribution in [-0.2, 0) is 0 Å². The first-order chi connectivity index (χ1) is 26.3. The normalized spacial score (nSPS) is 11.4. The van der Waals surface area contributed by atoms with Crippen LogP contribution in [0.15, 0.2) is 212 Å². The second-order valence-corrected chi connectivity index (χ2v) is 13.7. The van der Waals surface area contributed by atoms with Crippen molar-refractivity contribution < 1.29 is 0 Å². The first-order valence-corrected chi connectivity index (χ1v) is 18.3. The van der Waals surface area contributed by atoms with E-state index in [0.29, 0.717) is 0 Å². The molecule has 0 spiro atoms. The molecule has 0 fully saturated rings. The van der Waals surface area contributed by atoms with Gasteiger partial charge in [-0.1, -0.05) is 176 Å². The van der Waals surface area contributed by atoms with Gasteiger partial charge in [-0.3, -0.25) is 0 Å². The van der Waals surface area contributed by atoms with Crippen molar-refractivity contribution in [1.29, 1.82) is 0 Å². The molecule has 0 amide bonds. The van der Waals surface area contributed by atoms with Crippen LogP contribution in [0.1, 0.15) is 0 Å². The second-order valence-electron chi connectivity index (χ2n) is 13.7. The van der Waals surface area contributed by atoms with E-state index in [-0.39, 0.29) is 0 Å². The van der Waals surface area contributed by atoms with Gasteiger partial charge in [-0.25, -0.2) is 0 Å². The van der Waals surface area contributed by atoms with Gasteiger partial charge in [-0.05, 0) is 107 Å². The Kier molecular flexibility index (Phi) is 7.55. The average Bonchev–Trinajstić information content (AvgIpc) is 3.24. The molecule has 10 aromatic rings. The Morgan fingerprint density at radius 2 is 0.717 bits per heavy atom. The van der Waals surface area contributed by atoms with Gasteiger partial charge in [0.15, 0.2) is 0 Å². The highest BCUT2D eigenvalue weighted by atomic mass is 15.1. The summed E-state index contributed by atoms with van der Waals surface area (Å²) < 4.78 is 0. The first kappa shape index (κ1) is 30.8. The molecule has 0 heterocycles. The molecule has 10 aromatic carbocycles. The Morgan fingerprint density at radius 1 is 0.245 bits per heavy atom. The van der Waals surface area contributed by atoms with Crippen LogP contribution in [0.5, 0.6) is 0 Å². The van der Waals surface area contributed by atoms with Crippen molar-refractivity contribution in [3.63, 3.8) is 0 Å². The average molecular weight is 674 g/mol. The van der Waals surface area contributed by atoms with Crippen LogP contribution < -0.4 is 4.90 Å². The third-order valence-corrected chi connectivity index (χ3v) is 10.6. The number of anilines is 3. The number of hydrogen-bond acceptors (Lipinski definition) is 1. The summed E-state index contributed by atoms with van der Waals surface area (Å²) >= 11 is 0. The SMILES string of the molecule is c1ccc(-c2cccc3c(N(c4cccc(-c5cccc6ccccc56)c4)c4cccc(-c5cc6ccccc6c6ccccc56)c4)cccc23)cc1. The summed E-state index contributed by atoms with van der Waals surface area (Å²) in [7, 11) is 0. The van der Waals surface area contributed by atoms with Crippen LogP contribution in [0.3, 0.4) is 0 Å². The predicted octanol–water partition coefficient (Wildman–Crippen LogP) is 14.8. The van der Waals surface area contributed by atoms with Gasteiger partial charge in [0.2, 0.25) is 0 Å². The topological polar surface area (TPSA) is 3.24 Å². The lowest BCUT2D eigenvalue weighted by molar-refractivity contribution is 1.30. The summed E-state index contributed by atoms with van der Waals surface area (Å²) in [6.45, 7) is 0. The standard InChI is InChI=1S/C52H35N/c1-2-15-36(16-3-1)44-29-13-31-50-48(44)30-14-32-52(50)53(41-22-10-20-38(33-41)45-28-12-19-37-17-4-6-24-43(37)45)42-23-11-21-39(34-42)51-35-40-18-5-7-25-46(40)47-26-8-9-27-49(47)51/h1-35H. The molecule has 53 heavy (non-hydrogen) atoms. The van der Waals surface area contributed by atoms with Gasteiger partial charge in [-0.15, -0.1) is 0 Å². The fraction of sp³-hybridized carbons (Fsp3) is 0.